The summed E-state index contributed by atoms with van der Waals surface area (Å²) in [4.78, 5) is 27.8. The van der Waals surface area contributed by atoms with Crippen molar-refractivity contribution in [1.82, 2.24) is 14.7 Å². The Bertz CT molecular complexity index is 268. The van der Waals surface area contributed by atoms with E-state index in [0.29, 0.717) is 26.2 Å². The number of hydrogen-bond donors (Lipinski definition) is 0. The fraction of sp³-hybridized carbons (Fsp3) is 0.600. The van der Waals surface area contributed by atoms with Crippen LogP contribution in [0, 0.1) is 0 Å². The van der Waals surface area contributed by atoms with Crippen LogP contribution in [0.4, 0.5) is 4.79 Å². The highest BCUT2D eigenvalue weighted by Gasteiger charge is 2.23. The lowest BCUT2D eigenvalue weighted by atomic mass is 10.3. The second-order valence-electron chi connectivity index (χ2n) is 3.69. The lowest BCUT2D eigenvalue weighted by Gasteiger charge is -2.35. The Morgan fingerprint density at radius 1 is 1.13 bits per heavy atom. The molecule has 0 radical (unpaired) electrons. The molecule has 0 N–H and O–H groups in total. The molecule has 0 bridgehead atoms. The Morgan fingerprint density at radius 3 is 2.00 bits per heavy atom. The van der Waals surface area contributed by atoms with E-state index in [4.69, 9.17) is 0 Å². The first kappa shape index (κ1) is 11.6. The average molecular weight is 211 g/mol. The maximum absolute atomic E-state index is 11.6. The third kappa shape index (κ3) is 2.71. The molecule has 15 heavy (non-hydrogen) atoms. The fourth-order valence-electron chi connectivity index (χ4n) is 1.53. The van der Waals surface area contributed by atoms with Gasteiger partial charge in [-0.15, -0.1) is 0 Å². The predicted molar refractivity (Wildman–Crippen MR) is 57.4 cm³/mol. The molecule has 0 unspecified atom stereocenters. The van der Waals surface area contributed by atoms with Crippen molar-refractivity contribution in [3.63, 3.8) is 0 Å². The smallest absolute Gasteiger partial charge is 0.319 e. The van der Waals surface area contributed by atoms with E-state index in [1.807, 2.05) is 0 Å². The number of urea groups is 1. The molecule has 0 atom stereocenters. The van der Waals surface area contributed by atoms with Crippen molar-refractivity contribution >= 4 is 11.9 Å². The molecule has 5 nitrogen and oxygen atoms in total. The maximum Gasteiger partial charge on any atom is 0.319 e. The van der Waals surface area contributed by atoms with Gasteiger partial charge in [-0.3, -0.25) is 4.79 Å². The van der Waals surface area contributed by atoms with Gasteiger partial charge in [0, 0.05) is 40.3 Å². The molecule has 0 aromatic carbocycles. The molecule has 0 saturated carbocycles. The quantitative estimate of drug-likeness (QED) is 0.573. The van der Waals surface area contributed by atoms with Gasteiger partial charge < -0.3 is 14.7 Å². The van der Waals surface area contributed by atoms with Crippen molar-refractivity contribution in [2.75, 3.05) is 40.3 Å². The predicted octanol–water partition coefficient (Wildman–Crippen LogP) is -0.00180. The van der Waals surface area contributed by atoms with Crippen LogP contribution < -0.4 is 0 Å². The first-order chi connectivity index (χ1) is 7.06. The number of carbonyl (C=O) groups excluding carboxylic acids is 2. The molecule has 1 fully saturated rings. The molecule has 1 rings (SSSR count). The van der Waals surface area contributed by atoms with Gasteiger partial charge in [-0.2, -0.15) is 0 Å². The molecule has 5 heteroatoms. The van der Waals surface area contributed by atoms with E-state index < -0.39 is 0 Å². The van der Waals surface area contributed by atoms with Crippen LogP contribution in [-0.4, -0.2) is 66.9 Å². The van der Waals surface area contributed by atoms with Crippen LogP contribution >= 0.6 is 0 Å². The summed E-state index contributed by atoms with van der Waals surface area (Å²) in [6.45, 7) is 5.80. The number of nitrogens with zero attached hydrogens (tertiary/aromatic N) is 3. The minimum absolute atomic E-state index is 0.000650. The number of hydrogen-bond acceptors (Lipinski definition) is 2. The van der Waals surface area contributed by atoms with Crippen molar-refractivity contribution < 1.29 is 9.59 Å². The van der Waals surface area contributed by atoms with Gasteiger partial charge in [-0.25, -0.2) is 4.79 Å². The van der Waals surface area contributed by atoms with Crippen molar-refractivity contribution in [1.29, 1.82) is 0 Å². The Kier molecular flexibility index (Phi) is 3.71. The molecular formula is C10H17N3O2. The number of piperazine rings is 1. The van der Waals surface area contributed by atoms with E-state index in [1.54, 1.807) is 28.8 Å². The standard InChI is InChI=1S/C10H17N3O2/c1-4-9(14)12-5-7-13(8-6-12)10(15)11(2)3/h4H,1,5-8H2,2-3H3. The molecule has 1 saturated heterocycles. The minimum atomic E-state index is -0.0630. The van der Waals surface area contributed by atoms with Gasteiger partial charge in [0.1, 0.15) is 0 Å². The molecule has 1 heterocycles. The van der Waals surface area contributed by atoms with Gasteiger partial charge in [-0.05, 0) is 6.08 Å². The van der Waals surface area contributed by atoms with E-state index in [0.717, 1.165) is 0 Å². The van der Waals surface area contributed by atoms with E-state index in [2.05, 4.69) is 6.58 Å². The Hall–Kier alpha value is -1.52. The first-order valence-electron chi connectivity index (χ1n) is 4.94. The minimum Gasteiger partial charge on any atom is -0.336 e. The summed E-state index contributed by atoms with van der Waals surface area (Å²) in [6.07, 6.45) is 1.31. The topological polar surface area (TPSA) is 43.9 Å². The molecule has 0 aromatic heterocycles. The van der Waals surface area contributed by atoms with Crippen molar-refractivity contribution in [3.05, 3.63) is 12.7 Å². The van der Waals surface area contributed by atoms with E-state index in [1.165, 1.54) is 6.08 Å². The third-order valence-electron chi connectivity index (χ3n) is 2.42. The van der Waals surface area contributed by atoms with Gasteiger partial charge in [0.25, 0.3) is 0 Å². The lowest BCUT2D eigenvalue weighted by molar-refractivity contribution is -0.127. The van der Waals surface area contributed by atoms with Crippen molar-refractivity contribution in [2.45, 2.75) is 0 Å². The highest BCUT2D eigenvalue weighted by molar-refractivity contribution is 5.87. The maximum atomic E-state index is 11.6. The Labute approximate surface area is 89.9 Å². The molecule has 3 amide bonds. The molecule has 1 aliphatic heterocycles. The highest BCUT2D eigenvalue weighted by Crippen LogP contribution is 2.04. The van der Waals surface area contributed by atoms with E-state index in [-0.39, 0.29) is 11.9 Å². The zero-order chi connectivity index (χ0) is 11.4. The van der Waals surface area contributed by atoms with Crippen LogP contribution in [0.5, 0.6) is 0 Å². The summed E-state index contributed by atoms with van der Waals surface area (Å²) in [5, 5.41) is 0. The SMILES string of the molecule is C=CC(=O)N1CCN(C(=O)N(C)C)CC1. The highest BCUT2D eigenvalue weighted by atomic mass is 16.2. The number of rotatable bonds is 1. The zero-order valence-electron chi connectivity index (χ0n) is 9.27. The number of carbonyl (C=O) groups is 2. The third-order valence-corrected chi connectivity index (χ3v) is 2.42. The zero-order valence-corrected chi connectivity index (χ0v) is 9.27. The normalized spacial score (nSPS) is 16.1. The second-order valence-corrected chi connectivity index (χ2v) is 3.69. The van der Waals surface area contributed by atoms with Gasteiger partial charge in [0.05, 0.1) is 0 Å². The van der Waals surface area contributed by atoms with Crippen LogP contribution in [0.2, 0.25) is 0 Å². The Morgan fingerprint density at radius 2 is 1.60 bits per heavy atom. The molecule has 84 valence electrons. The van der Waals surface area contributed by atoms with Crippen LogP contribution in [-0.2, 0) is 4.79 Å². The van der Waals surface area contributed by atoms with Crippen LogP contribution in [0.3, 0.4) is 0 Å². The van der Waals surface area contributed by atoms with Gasteiger partial charge >= 0.3 is 6.03 Å². The summed E-state index contributed by atoms with van der Waals surface area (Å²) in [6, 6.07) is 0.000650. The first-order valence-corrected chi connectivity index (χ1v) is 4.94. The summed E-state index contributed by atoms with van der Waals surface area (Å²) in [7, 11) is 3.45. The summed E-state index contributed by atoms with van der Waals surface area (Å²) in [5.74, 6) is -0.0630. The summed E-state index contributed by atoms with van der Waals surface area (Å²) >= 11 is 0. The van der Waals surface area contributed by atoms with Crippen molar-refractivity contribution in [2.24, 2.45) is 0 Å². The van der Waals surface area contributed by atoms with E-state index >= 15 is 0 Å². The van der Waals surface area contributed by atoms with Crippen LogP contribution in [0.1, 0.15) is 0 Å². The number of amides is 3. The molecule has 1 aliphatic rings. The average Bonchev–Trinajstić information content (AvgIpc) is 2.27. The van der Waals surface area contributed by atoms with E-state index in [9.17, 15) is 9.59 Å². The largest absolute Gasteiger partial charge is 0.336 e. The van der Waals surface area contributed by atoms with Crippen LogP contribution in [0.25, 0.3) is 0 Å². The second kappa shape index (κ2) is 4.82. The molecule has 0 aliphatic carbocycles. The van der Waals surface area contributed by atoms with Gasteiger partial charge in [0.15, 0.2) is 0 Å². The monoisotopic (exact) mass is 211 g/mol. The molecular weight excluding hydrogens is 194 g/mol. The summed E-state index contributed by atoms with van der Waals surface area (Å²) < 4.78 is 0. The van der Waals surface area contributed by atoms with Gasteiger partial charge in [-0.1, -0.05) is 6.58 Å². The summed E-state index contributed by atoms with van der Waals surface area (Å²) in [5.41, 5.74) is 0. The fourth-order valence-corrected chi connectivity index (χ4v) is 1.53. The Balaban J connectivity index is 2.45. The van der Waals surface area contributed by atoms with Crippen molar-refractivity contribution in [3.8, 4) is 0 Å². The van der Waals surface area contributed by atoms with Gasteiger partial charge in [0.2, 0.25) is 5.91 Å². The molecule has 0 aromatic rings. The lowest BCUT2D eigenvalue weighted by Crippen LogP contribution is -2.52. The molecule has 0 spiro atoms. The van der Waals surface area contributed by atoms with Crippen LogP contribution in [0.15, 0.2) is 12.7 Å².